The molecule has 1 aliphatic carbocycles. The van der Waals surface area contributed by atoms with Crippen molar-refractivity contribution in [3.8, 4) is 6.07 Å². The molecule has 5 heteroatoms. The number of nitriles is 1. The second-order valence-electron chi connectivity index (χ2n) is 7.17. The summed E-state index contributed by atoms with van der Waals surface area (Å²) in [5.41, 5.74) is 1.65. The third kappa shape index (κ3) is 8.16. The average molecular weight is 363 g/mol. The molecule has 3 N–H and O–H groups in total. The number of aliphatic hydroxyl groups is 2. The van der Waals surface area contributed by atoms with Gasteiger partial charge >= 0.3 is 5.97 Å². The van der Waals surface area contributed by atoms with Crippen LogP contribution in [0.3, 0.4) is 0 Å². The quantitative estimate of drug-likeness (QED) is 0.338. The molecule has 0 spiro atoms. The minimum Gasteiger partial charge on any atom is -0.481 e. The van der Waals surface area contributed by atoms with Crippen LogP contribution >= 0.6 is 0 Å². The molecule has 1 aliphatic rings. The zero-order valence-electron chi connectivity index (χ0n) is 15.9. The van der Waals surface area contributed by atoms with Crippen LogP contribution in [-0.4, -0.2) is 33.5 Å². The third-order valence-electron chi connectivity index (χ3n) is 4.98. The first-order chi connectivity index (χ1) is 12.5. The second kappa shape index (κ2) is 12.7. The summed E-state index contributed by atoms with van der Waals surface area (Å²) in [6, 6.07) is 2.22. The van der Waals surface area contributed by atoms with E-state index in [-0.39, 0.29) is 12.3 Å². The first kappa shape index (κ1) is 22.4. The first-order valence-electron chi connectivity index (χ1n) is 9.87. The summed E-state index contributed by atoms with van der Waals surface area (Å²) in [5, 5.41) is 38.3. The second-order valence-corrected chi connectivity index (χ2v) is 7.17. The van der Waals surface area contributed by atoms with Gasteiger partial charge in [-0.05, 0) is 31.3 Å². The van der Waals surface area contributed by atoms with Gasteiger partial charge in [0.25, 0.3) is 0 Å². The maximum Gasteiger partial charge on any atom is 0.303 e. The third-order valence-corrected chi connectivity index (χ3v) is 4.98. The van der Waals surface area contributed by atoms with E-state index in [4.69, 9.17) is 5.11 Å². The topological polar surface area (TPSA) is 102 Å². The number of carboxylic acid groups (broad SMARTS) is 1. The van der Waals surface area contributed by atoms with Crippen LogP contribution in [0.5, 0.6) is 0 Å². The molecule has 0 aliphatic heterocycles. The lowest BCUT2D eigenvalue weighted by Gasteiger charge is -2.16. The Labute approximate surface area is 157 Å². The number of aliphatic carboxylic acids is 1. The largest absolute Gasteiger partial charge is 0.481 e. The highest BCUT2D eigenvalue weighted by Crippen LogP contribution is 2.36. The predicted octanol–water partition coefficient (Wildman–Crippen LogP) is 4.11. The average Bonchev–Trinajstić information content (AvgIpc) is 2.91. The van der Waals surface area contributed by atoms with Gasteiger partial charge in [0.1, 0.15) is 0 Å². The molecule has 0 unspecified atom stereocenters. The maximum absolute atomic E-state index is 10.5. The van der Waals surface area contributed by atoms with E-state index in [0.717, 1.165) is 56.9 Å². The van der Waals surface area contributed by atoms with Crippen LogP contribution in [0.25, 0.3) is 0 Å². The Kier molecular flexibility index (Phi) is 10.9. The molecule has 1 rings (SSSR count). The molecule has 0 saturated carbocycles. The van der Waals surface area contributed by atoms with Gasteiger partial charge in [-0.25, -0.2) is 0 Å². The van der Waals surface area contributed by atoms with E-state index in [1.165, 1.54) is 0 Å². The Morgan fingerprint density at radius 3 is 2.65 bits per heavy atom. The molecular formula is C21H33NO4. The van der Waals surface area contributed by atoms with Gasteiger partial charge < -0.3 is 15.3 Å². The fourth-order valence-corrected chi connectivity index (χ4v) is 3.47. The van der Waals surface area contributed by atoms with E-state index in [1.807, 2.05) is 6.08 Å². The summed E-state index contributed by atoms with van der Waals surface area (Å²) < 4.78 is 0. The van der Waals surface area contributed by atoms with E-state index < -0.39 is 18.2 Å². The van der Waals surface area contributed by atoms with Gasteiger partial charge in [0.15, 0.2) is 0 Å². The van der Waals surface area contributed by atoms with Gasteiger partial charge in [-0.3, -0.25) is 4.79 Å². The zero-order valence-corrected chi connectivity index (χ0v) is 15.9. The van der Waals surface area contributed by atoms with E-state index in [2.05, 4.69) is 13.0 Å². The summed E-state index contributed by atoms with van der Waals surface area (Å²) in [6.07, 6.45) is 11.1. The minimum absolute atomic E-state index is 0.190. The van der Waals surface area contributed by atoms with Crippen LogP contribution in [0.15, 0.2) is 23.3 Å². The smallest absolute Gasteiger partial charge is 0.303 e. The summed E-state index contributed by atoms with van der Waals surface area (Å²) in [6.45, 7) is 2.12. The molecule has 0 amide bonds. The Bertz CT molecular complexity index is 533. The molecule has 0 saturated heterocycles. The summed E-state index contributed by atoms with van der Waals surface area (Å²) in [7, 11) is 0. The molecule has 146 valence electrons. The van der Waals surface area contributed by atoms with E-state index in [1.54, 1.807) is 6.08 Å². The lowest BCUT2D eigenvalue weighted by Crippen LogP contribution is -2.15. The molecule has 0 fully saturated rings. The number of nitrogens with zero attached hydrogens (tertiary/aromatic N) is 1. The highest BCUT2D eigenvalue weighted by atomic mass is 16.4. The van der Waals surface area contributed by atoms with Gasteiger partial charge in [-0.1, -0.05) is 51.2 Å². The molecule has 0 bridgehead atoms. The van der Waals surface area contributed by atoms with Crippen molar-refractivity contribution in [1.29, 1.82) is 5.26 Å². The van der Waals surface area contributed by atoms with E-state index in [9.17, 15) is 20.3 Å². The molecule has 3 atom stereocenters. The van der Waals surface area contributed by atoms with Crippen LogP contribution in [0, 0.1) is 17.2 Å². The SMILES string of the molecule is CCCCC[C@H](O)C=C[C@@H]1C(CCCCCCC(=O)O)=C(C#N)C[C@H]1O. The Morgan fingerprint density at radius 1 is 1.27 bits per heavy atom. The normalized spacial score (nSPS) is 21.3. The lowest BCUT2D eigenvalue weighted by molar-refractivity contribution is -0.137. The van der Waals surface area contributed by atoms with Crippen molar-refractivity contribution < 1.29 is 20.1 Å². The van der Waals surface area contributed by atoms with E-state index in [0.29, 0.717) is 18.4 Å². The van der Waals surface area contributed by atoms with Crippen LogP contribution in [-0.2, 0) is 4.79 Å². The Morgan fingerprint density at radius 2 is 2.00 bits per heavy atom. The summed E-state index contributed by atoms with van der Waals surface area (Å²) >= 11 is 0. The molecule has 0 radical (unpaired) electrons. The van der Waals surface area contributed by atoms with Crippen molar-refractivity contribution in [2.45, 2.75) is 89.8 Å². The Hall–Kier alpha value is -1.64. The van der Waals surface area contributed by atoms with Crippen molar-refractivity contribution in [3.05, 3.63) is 23.3 Å². The standard InChI is InChI=1S/C21H33NO4/c1-2-3-6-9-17(23)12-13-19-18(16(15-22)14-20(19)24)10-7-4-5-8-11-21(25)26/h12-13,17,19-20,23-24H,2-11,14H2,1H3,(H,25,26)/t17-,19+,20+/m0/s1. The molecule has 0 aromatic heterocycles. The monoisotopic (exact) mass is 363 g/mol. The number of hydrogen-bond acceptors (Lipinski definition) is 4. The molecule has 26 heavy (non-hydrogen) atoms. The number of unbranched alkanes of at least 4 members (excludes halogenated alkanes) is 5. The van der Waals surface area contributed by atoms with Gasteiger partial charge in [0.05, 0.1) is 18.3 Å². The van der Waals surface area contributed by atoms with Crippen molar-refractivity contribution in [2.75, 3.05) is 0 Å². The van der Waals surface area contributed by atoms with Crippen molar-refractivity contribution >= 4 is 5.97 Å². The number of rotatable bonds is 13. The molecule has 0 aromatic carbocycles. The minimum atomic E-state index is -0.763. The maximum atomic E-state index is 10.5. The Balaban J connectivity index is 2.53. The predicted molar refractivity (Wildman–Crippen MR) is 101 cm³/mol. The number of carboxylic acids is 1. The number of carbonyl (C=O) groups is 1. The fraction of sp³-hybridized carbons (Fsp3) is 0.714. The van der Waals surface area contributed by atoms with Crippen LogP contribution in [0.2, 0.25) is 0 Å². The highest BCUT2D eigenvalue weighted by Gasteiger charge is 2.31. The number of hydrogen-bond donors (Lipinski definition) is 3. The van der Waals surface area contributed by atoms with Gasteiger partial charge in [-0.15, -0.1) is 0 Å². The van der Waals surface area contributed by atoms with Crippen molar-refractivity contribution in [2.24, 2.45) is 5.92 Å². The first-order valence-corrected chi connectivity index (χ1v) is 9.87. The molecule has 0 aromatic rings. The van der Waals surface area contributed by atoms with Crippen molar-refractivity contribution in [1.82, 2.24) is 0 Å². The van der Waals surface area contributed by atoms with E-state index >= 15 is 0 Å². The summed E-state index contributed by atoms with van der Waals surface area (Å²) in [4.78, 5) is 10.5. The van der Waals surface area contributed by atoms with Gasteiger partial charge in [-0.2, -0.15) is 5.26 Å². The van der Waals surface area contributed by atoms with Gasteiger partial charge in [0.2, 0.25) is 0 Å². The van der Waals surface area contributed by atoms with Crippen LogP contribution in [0.4, 0.5) is 0 Å². The van der Waals surface area contributed by atoms with Crippen LogP contribution in [0.1, 0.15) is 77.6 Å². The summed E-state index contributed by atoms with van der Waals surface area (Å²) in [5.74, 6) is -0.953. The molecular weight excluding hydrogens is 330 g/mol. The fourth-order valence-electron chi connectivity index (χ4n) is 3.47. The molecule has 5 nitrogen and oxygen atoms in total. The van der Waals surface area contributed by atoms with Gasteiger partial charge in [0, 0.05) is 24.3 Å². The lowest BCUT2D eigenvalue weighted by atomic mass is 9.92. The zero-order chi connectivity index (χ0) is 19.4. The number of aliphatic hydroxyl groups excluding tert-OH is 2. The molecule has 0 heterocycles. The highest BCUT2D eigenvalue weighted by molar-refractivity contribution is 5.66. The van der Waals surface area contributed by atoms with Crippen LogP contribution < -0.4 is 0 Å². The van der Waals surface area contributed by atoms with Crippen molar-refractivity contribution in [3.63, 3.8) is 0 Å².